The van der Waals surface area contributed by atoms with Crippen molar-refractivity contribution in [3.8, 4) is 22.8 Å². The molecule has 0 spiro atoms. The molecule has 4 heterocycles. The largest absolute Gasteiger partial charge is 0.467 e. The number of nitrogens with zero attached hydrogens (tertiary/aromatic N) is 4. The summed E-state index contributed by atoms with van der Waals surface area (Å²) >= 11 is 1.58. The van der Waals surface area contributed by atoms with Crippen LogP contribution in [0, 0.1) is 0 Å². The lowest BCUT2D eigenvalue weighted by Gasteiger charge is -2.35. The van der Waals surface area contributed by atoms with Gasteiger partial charge in [0, 0.05) is 55.7 Å². The first-order valence-corrected chi connectivity index (χ1v) is 16.0. The molecule has 1 N–H and O–H groups in total. The van der Waals surface area contributed by atoms with Gasteiger partial charge < -0.3 is 24.1 Å². The molecular formula is C35H33N5O4S. The van der Waals surface area contributed by atoms with Gasteiger partial charge in [0.15, 0.2) is 16.7 Å². The smallest absolute Gasteiger partial charge is 0.251 e. The zero-order valence-corrected chi connectivity index (χ0v) is 25.5. The van der Waals surface area contributed by atoms with Crippen LogP contribution in [-0.4, -0.2) is 53.7 Å². The van der Waals surface area contributed by atoms with Crippen molar-refractivity contribution >= 4 is 23.5 Å². The van der Waals surface area contributed by atoms with Gasteiger partial charge in [0.1, 0.15) is 11.6 Å². The molecule has 228 valence electrons. The summed E-state index contributed by atoms with van der Waals surface area (Å²) in [7, 11) is 0. The molecule has 1 amide bonds. The molecule has 0 unspecified atom stereocenters. The Kier molecular flexibility index (Phi) is 8.65. The van der Waals surface area contributed by atoms with Gasteiger partial charge in [0.2, 0.25) is 6.79 Å². The van der Waals surface area contributed by atoms with Gasteiger partial charge in [0.25, 0.3) is 5.91 Å². The number of carbonyl (C=O) groups is 1. The van der Waals surface area contributed by atoms with Gasteiger partial charge in [-0.05, 0) is 47.5 Å². The third-order valence-corrected chi connectivity index (χ3v) is 8.78. The number of ether oxygens (including phenoxy) is 2. The minimum absolute atomic E-state index is 0.138. The van der Waals surface area contributed by atoms with Crippen LogP contribution in [0.4, 0.5) is 5.82 Å². The molecule has 0 atom stereocenters. The van der Waals surface area contributed by atoms with E-state index in [4.69, 9.17) is 23.9 Å². The Balaban J connectivity index is 1.02. The molecule has 1 fully saturated rings. The molecule has 0 bridgehead atoms. The minimum atomic E-state index is -0.138. The lowest BCUT2D eigenvalue weighted by atomic mass is 10.1. The van der Waals surface area contributed by atoms with Gasteiger partial charge in [-0.25, -0.2) is 9.97 Å². The molecule has 10 heteroatoms. The fraction of sp³-hybridized carbons (Fsp3) is 0.229. The first kappa shape index (κ1) is 28.9. The zero-order chi connectivity index (χ0) is 30.4. The van der Waals surface area contributed by atoms with Gasteiger partial charge in [0.05, 0.1) is 18.5 Å². The molecule has 1 saturated heterocycles. The third-order valence-electron chi connectivity index (χ3n) is 7.86. The SMILES string of the molecule is O=C(NCc1ccco1)c1cccc(CSc2nc(-c3ccccc3)cc(N3CCN(Cc4ccc5c(c4)OCO5)CC3)n2)c1. The van der Waals surface area contributed by atoms with Crippen LogP contribution in [-0.2, 0) is 18.8 Å². The highest BCUT2D eigenvalue weighted by Gasteiger charge is 2.21. The molecule has 3 aromatic carbocycles. The topological polar surface area (TPSA) is 93.0 Å². The second kappa shape index (κ2) is 13.5. The number of thioether (sulfide) groups is 1. The van der Waals surface area contributed by atoms with Crippen molar-refractivity contribution in [1.29, 1.82) is 0 Å². The number of hydrogen-bond acceptors (Lipinski definition) is 9. The quantitative estimate of drug-likeness (QED) is 0.149. The lowest BCUT2D eigenvalue weighted by molar-refractivity contribution is 0.0948. The molecule has 9 nitrogen and oxygen atoms in total. The maximum absolute atomic E-state index is 12.8. The van der Waals surface area contributed by atoms with Crippen molar-refractivity contribution in [2.24, 2.45) is 0 Å². The number of piperazine rings is 1. The molecule has 0 radical (unpaired) electrons. The van der Waals surface area contributed by atoms with Crippen molar-refractivity contribution < 1.29 is 18.7 Å². The van der Waals surface area contributed by atoms with Crippen molar-refractivity contribution in [3.63, 3.8) is 0 Å². The zero-order valence-electron chi connectivity index (χ0n) is 24.7. The van der Waals surface area contributed by atoms with Crippen molar-refractivity contribution in [3.05, 3.63) is 120 Å². The van der Waals surface area contributed by atoms with Crippen LogP contribution in [0.3, 0.4) is 0 Å². The predicted molar refractivity (Wildman–Crippen MR) is 173 cm³/mol. The fourth-order valence-corrected chi connectivity index (χ4v) is 6.26. The van der Waals surface area contributed by atoms with E-state index in [1.807, 2.05) is 60.7 Å². The van der Waals surface area contributed by atoms with E-state index >= 15 is 0 Å². The number of nitrogens with one attached hydrogen (secondary N) is 1. The Morgan fingerprint density at radius 3 is 2.53 bits per heavy atom. The van der Waals surface area contributed by atoms with Crippen LogP contribution >= 0.6 is 11.8 Å². The molecule has 45 heavy (non-hydrogen) atoms. The van der Waals surface area contributed by atoms with Crippen LogP contribution in [0.2, 0.25) is 0 Å². The normalized spacial score (nSPS) is 14.4. The highest BCUT2D eigenvalue weighted by atomic mass is 32.2. The second-order valence-corrected chi connectivity index (χ2v) is 11.9. The summed E-state index contributed by atoms with van der Waals surface area (Å²) in [6.45, 7) is 5.10. The van der Waals surface area contributed by atoms with E-state index in [0.29, 0.717) is 28.8 Å². The lowest BCUT2D eigenvalue weighted by Crippen LogP contribution is -2.46. The van der Waals surface area contributed by atoms with Crippen LogP contribution in [0.15, 0.2) is 107 Å². The molecule has 0 aliphatic carbocycles. The molecule has 2 aromatic heterocycles. The molecule has 5 aromatic rings. The summed E-state index contributed by atoms with van der Waals surface area (Å²) < 4.78 is 16.3. The molecular weight excluding hydrogens is 586 g/mol. The number of benzene rings is 3. The number of amides is 1. The van der Waals surface area contributed by atoms with Crippen LogP contribution in [0.25, 0.3) is 11.3 Å². The van der Waals surface area contributed by atoms with E-state index in [0.717, 1.165) is 66.9 Å². The number of carbonyl (C=O) groups excluding carboxylic acids is 1. The van der Waals surface area contributed by atoms with Crippen molar-refractivity contribution in [2.45, 2.75) is 24.0 Å². The predicted octanol–water partition coefficient (Wildman–Crippen LogP) is 6.01. The van der Waals surface area contributed by atoms with Crippen LogP contribution in [0.1, 0.15) is 27.2 Å². The summed E-state index contributed by atoms with van der Waals surface area (Å²) in [5.41, 5.74) is 4.81. The summed E-state index contributed by atoms with van der Waals surface area (Å²) in [4.78, 5) is 27.5. The Labute approximate surface area is 266 Å². The van der Waals surface area contributed by atoms with Crippen molar-refractivity contribution in [1.82, 2.24) is 20.2 Å². The van der Waals surface area contributed by atoms with E-state index in [9.17, 15) is 4.79 Å². The molecule has 2 aliphatic heterocycles. The van der Waals surface area contributed by atoms with E-state index in [1.54, 1.807) is 18.0 Å². The van der Waals surface area contributed by atoms with Gasteiger partial charge in [-0.15, -0.1) is 0 Å². The monoisotopic (exact) mass is 619 g/mol. The number of anilines is 1. The van der Waals surface area contributed by atoms with Crippen molar-refractivity contribution in [2.75, 3.05) is 37.9 Å². The summed E-state index contributed by atoms with van der Waals surface area (Å²) in [6.07, 6.45) is 1.60. The number of hydrogen-bond donors (Lipinski definition) is 1. The summed E-state index contributed by atoms with van der Waals surface area (Å²) in [6, 6.07) is 29.8. The van der Waals surface area contributed by atoms with Crippen LogP contribution < -0.4 is 19.7 Å². The number of fused-ring (bicyclic) bond motifs is 1. The molecule has 2 aliphatic rings. The van der Waals surface area contributed by atoms with E-state index < -0.39 is 0 Å². The van der Waals surface area contributed by atoms with Crippen LogP contribution in [0.5, 0.6) is 11.5 Å². The Bertz CT molecular complexity index is 1760. The Morgan fingerprint density at radius 2 is 1.69 bits per heavy atom. The fourth-order valence-electron chi connectivity index (χ4n) is 5.46. The maximum atomic E-state index is 12.8. The first-order valence-electron chi connectivity index (χ1n) is 15.0. The highest BCUT2D eigenvalue weighted by molar-refractivity contribution is 7.98. The standard InChI is InChI=1S/C35H33N5O4S/c41-34(36-21-29-10-5-17-42-29)28-9-4-6-26(18-28)23-45-35-37-30(27-7-2-1-3-8-27)20-33(38-35)40-15-13-39(14-16-40)22-25-11-12-31-32(19-25)44-24-43-31/h1-12,17-20H,13-16,21-24H2,(H,36,41). The van der Waals surface area contributed by atoms with Gasteiger partial charge in [-0.3, -0.25) is 9.69 Å². The Morgan fingerprint density at radius 1 is 0.822 bits per heavy atom. The molecule has 0 saturated carbocycles. The van der Waals surface area contributed by atoms with Gasteiger partial charge in [-0.1, -0.05) is 60.3 Å². The second-order valence-electron chi connectivity index (χ2n) is 11.0. The molecule has 7 rings (SSSR count). The van der Waals surface area contributed by atoms with E-state index in [-0.39, 0.29) is 12.7 Å². The van der Waals surface area contributed by atoms with Gasteiger partial charge in [-0.2, -0.15) is 0 Å². The summed E-state index contributed by atoms with van der Waals surface area (Å²) in [5.74, 6) is 3.79. The number of furan rings is 1. The number of rotatable bonds is 10. The van der Waals surface area contributed by atoms with E-state index in [1.165, 1.54) is 5.56 Å². The number of aromatic nitrogens is 2. The minimum Gasteiger partial charge on any atom is -0.467 e. The first-order chi connectivity index (χ1) is 22.2. The summed E-state index contributed by atoms with van der Waals surface area (Å²) in [5, 5.41) is 3.62. The Hall–Kier alpha value is -4.80. The van der Waals surface area contributed by atoms with Gasteiger partial charge >= 0.3 is 0 Å². The maximum Gasteiger partial charge on any atom is 0.251 e. The third kappa shape index (κ3) is 7.13. The highest BCUT2D eigenvalue weighted by Crippen LogP contribution is 2.33. The average molecular weight is 620 g/mol. The van der Waals surface area contributed by atoms with E-state index in [2.05, 4.69) is 45.4 Å². The average Bonchev–Trinajstić information content (AvgIpc) is 3.79.